The molecule has 22 heavy (non-hydrogen) atoms. The number of hydrogen-bond donors (Lipinski definition) is 2. The number of aliphatic imine (C=N–C) groups is 1. The van der Waals surface area contributed by atoms with E-state index in [1.165, 1.54) is 12.1 Å². The third kappa shape index (κ3) is 3.08. The number of nitrogens with one attached hydrogen (secondary N) is 2. The molecule has 0 saturated heterocycles. The molecule has 2 amide bonds. The zero-order valence-electron chi connectivity index (χ0n) is 11.2. The second kappa shape index (κ2) is 5.86. The number of rotatable bonds is 3. The quantitative estimate of drug-likeness (QED) is 0.760. The average Bonchev–Trinajstić information content (AvgIpc) is 2.78. The number of halogens is 2. The SMILES string of the molecule is CS(=O)(=O)C1=N[C@@](NC(=O)c2ccccc2)(C(Cl)Cl)C(=O)N1. The molecule has 0 spiro atoms. The van der Waals surface area contributed by atoms with Gasteiger partial charge in [-0.25, -0.2) is 13.4 Å². The smallest absolute Gasteiger partial charge is 0.277 e. The molecule has 0 bridgehead atoms. The first kappa shape index (κ1) is 16.7. The van der Waals surface area contributed by atoms with Gasteiger partial charge in [-0.05, 0) is 12.1 Å². The Morgan fingerprint density at radius 3 is 2.36 bits per heavy atom. The first-order chi connectivity index (χ1) is 10.2. The average molecular weight is 364 g/mol. The Kier molecular flexibility index (Phi) is 4.46. The van der Waals surface area contributed by atoms with E-state index >= 15 is 0 Å². The first-order valence-electron chi connectivity index (χ1n) is 5.94. The van der Waals surface area contributed by atoms with Crippen molar-refractivity contribution in [3.63, 3.8) is 0 Å². The summed E-state index contributed by atoms with van der Waals surface area (Å²) >= 11 is 11.5. The molecular formula is C12H11Cl2N3O4S. The topological polar surface area (TPSA) is 105 Å². The van der Waals surface area contributed by atoms with Crippen molar-refractivity contribution < 1.29 is 18.0 Å². The Morgan fingerprint density at radius 2 is 1.91 bits per heavy atom. The molecule has 1 aliphatic heterocycles. The number of amides is 2. The Hall–Kier alpha value is -1.64. The summed E-state index contributed by atoms with van der Waals surface area (Å²) in [5, 5.41) is 3.76. The first-order valence-corrected chi connectivity index (χ1v) is 8.70. The van der Waals surface area contributed by atoms with Gasteiger partial charge in [0.1, 0.15) is 0 Å². The number of carbonyl (C=O) groups excluding carboxylic acids is 2. The highest BCUT2D eigenvalue weighted by atomic mass is 35.5. The van der Waals surface area contributed by atoms with Gasteiger partial charge in [0.25, 0.3) is 11.8 Å². The van der Waals surface area contributed by atoms with E-state index in [-0.39, 0.29) is 5.56 Å². The molecule has 0 unspecified atom stereocenters. The lowest BCUT2D eigenvalue weighted by molar-refractivity contribution is -0.124. The lowest BCUT2D eigenvalue weighted by Crippen LogP contribution is -2.58. The van der Waals surface area contributed by atoms with Crippen molar-refractivity contribution in [2.45, 2.75) is 10.5 Å². The van der Waals surface area contributed by atoms with Gasteiger partial charge >= 0.3 is 0 Å². The van der Waals surface area contributed by atoms with E-state index in [4.69, 9.17) is 23.2 Å². The van der Waals surface area contributed by atoms with Gasteiger partial charge in [0.2, 0.25) is 20.7 Å². The number of alkyl halides is 2. The normalized spacial score (nSPS) is 21.5. The van der Waals surface area contributed by atoms with Gasteiger partial charge in [0, 0.05) is 11.8 Å². The molecule has 1 aliphatic rings. The van der Waals surface area contributed by atoms with Crippen LogP contribution in [0.15, 0.2) is 35.3 Å². The van der Waals surface area contributed by atoms with Gasteiger partial charge in [-0.1, -0.05) is 41.4 Å². The zero-order valence-corrected chi connectivity index (χ0v) is 13.5. The van der Waals surface area contributed by atoms with Gasteiger partial charge in [0.15, 0.2) is 4.84 Å². The summed E-state index contributed by atoms with van der Waals surface area (Å²) in [5.74, 6) is -1.59. The maximum Gasteiger partial charge on any atom is 0.277 e. The van der Waals surface area contributed by atoms with Crippen LogP contribution in [0.1, 0.15) is 10.4 Å². The predicted molar refractivity (Wildman–Crippen MR) is 82.6 cm³/mol. The summed E-state index contributed by atoms with van der Waals surface area (Å²) < 4.78 is 23.0. The molecule has 0 aliphatic carbocycles. The van der Waals surface area contributed by atoms with E-state index in [1.54, 1.807) is 18.2 Å². The molecule has 1 aromatic carbocycles. The van der Waals surface area contributed by atoms with Crippen LogP contribution >= 0.6 is 23.2 Å². The lowest BCUT2D eigenvalue weighted by Gasteiger charge is -2.25. The summed E-state index contributed by atoms with van der Waals surface area (Å²) in [4.78, 5) is 26.5. The Balaban J connectivity index is 2.41. The molecule has 0 aromatic heterocycles. The van der Waals surface area contributed by atoms with Crippen LogP contribution in [0.4, 0.5) is 0 Å². The van der Waals surface area contributed by atoms with Crippen molar-refractivity contribution in [3.05, 3.63) is 35.9 Å². The van der Waals surface area contributed by atoms with E-state index in [1.807, 2.05) is 0 Å². The minimum absolute atomic E-state index is 0.242. The molecule has 1 aromatic rings. The fourth-order valence-corrected chi connectivity index (χ4v) is 2.72. The highest BCUT2D eigenvalue weighted by Crippen LogP contribution is 2.27. The molecule has 0 saturated carbocycles. The number of carbonyl (C=O) groups is 2. The Labute approximate surface area is 136 Å². The molecule has 1 atom stereocenters. The number of sulfone groups is 1. The molecule has 7 nitrogen and oxygen atoms in total. The second-order valence-electron chi connectivity index (χ2n) is 4.53. The second-order valence-corrected chi connectivity index (χ2v) is 7.56. The zero-order chi connectivity index (χ0) is 16.5. The summed E-state index contributed by atoms with van der Waals surface area (Å²) in [6.07, 6.45) is 0.860. The summed E-state index contributed by atoms with van der Waals surface area (Å²) in [6.45, 7) is 0. The van der Waals surface area contributed by atoms with Crippen LogP contribution in [-0.4, -0.2) is 42.2 Å². The van der Waals surface area contributed by atoms with Crippen LogP contribution in [0.2, 0.25) is 0 Å². The molecule has 2 N–H and O–H groups in total. The molecule has 10 heteroatoms. The Morgan fingerprint density at radius 1 is 1.32 bits per heavy atom. The van der Waals surface area contributed by atoms with Crippen LogP contribution in [0.3, 0.4) is 0 Å². The van der Waals surface area contributed by atoms with Gasteiger partial charge in [0.05, 0.1) is 0 Å². The van der Waals surface area contributed by atoms with Crippen molar-refractivity contribution in [3.8, 4) is 0 Å². The van der Waals surface area contributed by atoms with E-state index < -0.39 is 37.3 Å². The van der Waals surface area contributed by atoms with Crippen molar-refractivity contribution in [1.29, 1.82) is 0 Å². The fourth-order valence-electron chi connectivity index (χ4n) is 1.73. The number of amidine groups is 1. The molecule has 1 heterocycles. The molecular weight excluding hydrogens is 353 g/mol. The van der Waals surface area contributed by atoms with Gasteiger partial charge < -0.3 is 5.32 Å². The highest BCUT2D eigenvalue weighted by Gasteiger charge is 2.52. The summed E-state index contributed by atoms with van der Waals surface area (Å²) in [7, 11) is -3.79. The van der Waals surface area contributed by atoms with Crippen LogP contribution < -0.4 is 10.6 Å². The highest BCUT2D eigenvalue weighted by molar-refractivity contribution is 8.05. The van der Waals surface area contributed by atoms with Crippen molar-refractivity contribution in [1.82, 2.24) is 10.6 Å². The van der Waals surface area contributed by atoms with Crippen molar-refractivity contribution in [2.75, 3.05) is 6.26 Å². The van der Waals surface area contributed by atoms with Crippen molar-refractivity contribution >= 4 is 50.0 Å². The van der Waals surface area contributed by atoms with E-state index in [2.05, 4.69) is 15.6 Å². The molecule has 0 fully saturated rings. The van der Waals surface area contributed by atoms with Crippen LogP contribution in [0, 0.1) is 0 Å². The third-order valence-corrected chi connectivity index (χ3v) is 4.38. The fraction of sp³-hybridized carbons (Fsp3) is 0.250. The lowest BCUT2D eigenvalue weighted by atomic mass is 10.1. The number of hydrogen-bond acceptors (Lipinski definition) is 5. The van der Waals surface area contributed by atoms with Crippen LogP contribution in [0.5, 0.6) is 0 Å². The Bertz CT molecular complexity index is 749. The monoisotopic (exact) mass is 363 g/mol. The van der Waals surface area contributed by atoms with Gasteiger partial charge in [-0.3, -0.25) is 14.9 Å². The largest absolute Gasteiger partial charge is 0.318 e. The van der Waals surface area contributed by atoms with E-state index in [0.717, 1.165) is 6.26 Å². The minimum Gasteiger partial charge on any atom is -0.318 e. The van der Waals surface area contributed by atoms with Gasteiger partial charge in [-0.2, -0.15) is 0 Å². The molecule has 2 rings (SSSR count). The predicted octanol–water partition coefficient (Wildman–Crippen LogP) is 0.447. The minimum atomic E-state index is -3.79. The standard InChI is InChI=1S/C12H11Cl2N3O4S/c1-22(20,21)11-15-10(19)12(17-11,9(13)14)16-8(18)7-5-3-2-4-6-7/h2-6,9H,1H3,(H,16,18)(H,15,17,19)/t12-/m0/s1. The maximum absolute atomic E-state index is 12.2. The maximum atomic E-state index is 12.2. The summed E-state index contributed by atoms with van der Waals surface area (Å²) in [6, 6.07) is 7.98. The van der Waals surface area contributed by atoms with Gasteiger partial charge in [-0.15, -0.1) is 0 Å². The summed E-state index contributed by atoms with van der Waals surface area (Å²) in [5.41, 5.74) is -1.86. The van der Waals surface area contributed by atoms with Crippen LogP contribution in [-0.2, 0) is 14.6 Å². The number of benzene rings is 1. The van der Waals surface area contributed by atoms with Crippen LogP contribution in [0.25, 0.3) is 0 Å². The van der Waals surface area contributed by atoms with E-state index in [0.29, 0.717) is 0 Å². The molecule has 118 valence electrons. The van der Waals surface area contributed by atoms with E-state index in [9.17, 15) is 18.0 Å². The molecule has 0 radical (unpaired) electrons. The van der Waals surface area contributed by atoms with Crippen molar-refractivity contribution in [2.24, 2.45) is 4.99 Å². The third-order valence-electron chi connectivity index (χ3n) is 2.85. The number of nitrogens with zero attached hydrogens (tertiary/aromatic N) is 1.